The number of rotatable bonds is 7. The number of nitrogens with two attached hydrogens (primary N) is 1. The van der Waals surface area contributed by atoms with Crippen molar-refractivity contribution in [1.82, 2.24) is 24.6 Å². The lowest BCUT2D eigenvalue weighted by molar-refractivity contribution is -0.118. The second-order valence-electron chi connectivity index (χ2n) is 8.80. The summed E-state index contributed by atoms with van der Waals surface area (Å²) in [5.41, 5.74) is 7.85. The van der Waals surface area contributed by atoms with E-state index < -0.39 is 22.9 Å². The van der Waals surface area contributed by atoms with Crippen LogP contribution >= 0.6 is 0 Å². The third-order valence-corrected chi connectivity index (χ3v) is 6.99. The smallest absolute Gasteiger partial charge is 0.254 e. The van der Waals surface area contributed by atoms with Crippen molar-refractivity contribution >= 4 is 33.9 Å². The molecule has 4 aromatic rings. The molecule has 9 nitrogen and oxygen atoms in total. The van der Waals surface area contributed by atoms with E-state index in [2.05, 4.69) is 9.97 Å². The first-order chi connectivity index (χ1) is 17.2. The highest BCUT2D eigenvalue weighted by molar-refractivity contribution is 7.90. The predicted molar refractivity (Wildman–Crippen MR) is 133 cm³/mol. The van der Waals surface area contributed by atoms with Gasteiger partial charge >= 0.3 is 0 Å². The Balaban J connectivity index is 1.55. The Bertz CT molecular complexity index is 1480. The Labute approximate surface area is 209 Å². The van der Waals surface area contributed by atoms with Gasteiger partial charge in [0, 0.05) is 53.5 Å². The van der Waals surface area contributed by atoms with Crippen molar-refractivity contribution in [2.24, 2.45) is 5.73 Å². The van der Waals surface area contributed by atoms with Crippen LogP contribution in [-0.2, 0) is 16.0 Å². The van der Waals surface area contributed by atoms with Crippen LogP contribution < -0.4 is 5.73 Å². The van der Waals surface area contributed by atoms with E-state index in [4.69, 9.17) is 10.8 Å². The lowest BCUT2D eigenvalue weighted by Crippen LogP contribution is -2.35. The van der Waals surface area contributed by atoms with Gasteiger partial charge in [0.1, 0.15) is 12.1 Å². The van der Waals surface area contributed by atoms with Crippen molar-refractivity contribution in [3.63, 3.8) is 0 Å². The number of carbonyl (C=O) groups excluding carboxylic acids is 2. The van der Waals surface area contributed by atoms with Gasteiger partial charge in [-0.2, -0.15) is 9.78 Å². The molecule has 0 bridgehead atoms. The average Bonchev–Trinajstić information content (AvgIpc) is 3.63. The van der Waals surface area contributed by atoms with Gasteiger partial charge in [-0.3, -0.25) is 9.59 Å². The Hall–Kier alpha value is -3.83. The molecule has 0 radical (unpaired) electrons. The van der Waals surface area contributed by atoms with Gasteiger partial charge in [-0.1, -0.05) is 6.07 Å². The summed E-state index contributed by atoms with van der Waals surface area (Å²) in [6, 6.07) is 9.54. The highest BCUT2D eigenvalue weighted by atomic mass is 32.2. The number of hydrogen-bond donors (Lipinski definition) is 1. The highest BCUT2D eigenvalue weighted by Crippen LogP contribution is 2.43. The van der Waals surface area contributed by atoms with Crippen LogP contribution in [0.4, 0.5) is 4.39 Å². The number of benzene rings is 2. The fourth-order valence-corrected chi connectivity index (χ4v) is 4.63. The fraction of sp³-hybridized carbons (Fsp3) is 0.240. The summed E-state index contributed by atoms with van der Waals surface area (Å²) in [7, 11) is 1.51. The Morgan fingerprint density at radius 2 is 1.92 bits per heavy atom. The van der Waals surface area contributed by atoms with Gasteiger partial charge in [0.25, 0.3) is 11.9 Å². The molecule has 36 heavy (non-hydrogen) atoms. The van der Waals surface area contributed by atoms with Gasteiger partial charge in [-0.05, 0) is 48.3 Å². The number of primary amides is 1. The molecule has 2 amide bonds. The van der Waals surface area contributed by atoms with E-state index in [0.717, 1.165) is 23.9 Å². The number of aromatic nitrogens is 4. The molecule has 1 aliphatic carbocycles. The lowest BCUT2D eigenvalue weighted by Gasteiger charge is -2.15. The number of likely N-dealkylation sites (N-methyl/N-ethyl adjacent to an activating group) is 1. The second kappa shape index (κ2) is 9.32. The molecule has 184 valence electrons. The van der Waals surface area contributed by atoms with Crippen molar-refractivity contribution in [1.29, 1.82) is 0 Å². The molecule has 2 aromatic heterocycles. The minimum Gasteiger partial charge on any atom is -0.612 e. The van der Waals surface area contributed by atoms with Crippen molar-refractivity contribution in [3.8, 4) is 17.1 Å². The zero-order chi connectivity index (χ0) is 25.6. The molecule has 0 aliphatic heterocycles. The number of carbonyl (C=O) groups is 2. The van der Waals surface area contributed by atoms with Crippen molar-refractivity contribution < 1.29 is 18.5 Å². The molecular weight excluding hydrogens is 483 g/mol. The normalized spacial score (nSPS) is 14.1. The van der Waals surface area contributed by atoms with E-state index in [-0.39, 0.29) is 24.0 Å². The fourth-order valence-electron chi connectivity index (χ4n) is 4.08. The maximum Gasteiger partial charge on any atom is 0.254 e. The largest absolute Gasteiger partial charge is 0.612 e. The number of amides is 2. The zero-order valence-corrected chi connectivity index (χ0v) is 20.5. The molecule has 1 saturated carbocycles. The van der Waals surface area contributed by atoms with E-state index in [1.54, 1.807) is 16.8 Å². The van der Waals surface area contributed by atoms with Crippen LogP contribution in [0.1, 0.15) is 34.8 Å². The molecule has 1 fully saturated rings. The van der Waals surface area contributed by atoms with Crippen LogP contribution in [0, 0.1) is 5.82 Å². The highest BCUT2D eigenvalue weighted by Gasteiger charge is 2.30. The molecule has 1 aliphatic rings. The summed E-state index contributed by atoms with van der Waals surface area (Å²) in [6.07, 6.45) is 6.57. The summed E-state index contributed by atoms with van der Waals surface area (Å²) < 4.78 is 27.9. The van der Waals surface area contributed by atoms with Crippen LogP contribution in [-0.4, -0.2) is 60.9 Å². The Morgan fingerprint density at radius 1 is 1.19 bits per heavy atom. The molecule has 5 rings (SSSR count). The molecule has 2 N–H and O–H groups in total. The predicted octanol–water partition coefficient (Wildman–Crippen LogP) is 2.79. The van der Waals surface area contributed by atoms with E-state index in [9.17, 15) is 18.5 Å². The maximum atomic E-state index is 14.5. The van der Waals surface area contributed by atoms with Crippen LogP contribution in [0.25, 0.3) is 28.0 Å². The van der Waals surface area contributed by atoms with Gasteiger partial charge in [0.15, 0.2) is 4.90 Å². The van der Waals surface area contributed by atoms with Gasteiger partial charge in [-0.15, -0.1) is 0 Å². The van der Waals surface area contributed by atoms with Crippen molar-refractivity contribution in [2.75, 3.05) is 19.8 Å². The number of hydrogen-bond acceptors (Lipinski definition) is 6. The van der Waals surface area contributed by atoms with E-state index in [0.29, 0.717) is 27.5 Å². The monoisotopic (exact) mass is 506 g/mol. The Morgan fingerprint density at radius 3 is 2.56 bits per heavy atom. The number of nitrogens with zero attached hydrogens (tertiary/aromatic N) is 5. The maximum absolute atomic E-state index is 14.5. The minimum atomic E-state index is -1.26. The molecule has 1 atom stereocenters. The molecule has 1 unspecified atom stereocenters. The lowest BCUT2D eigenvalue weighted by atomic mass is 10.1. The van der Waals surface area contributed by atoms with Crippen LogP contribution in [0.15, 0.2) is 53.7 Å². The van der Waals surface area contributed by atoms with Gasteiger partial charge in [0.2, 0.25) is 5.91 Å². The first-order valence-electron chi connectivity index (χ1n) is 11.2. The molecule has 0 spiro atoms. The third kappa shape index (κ3) is 4.54. The zero-order valence-electron chi connectivity index (χ0n) is 19.6. The van der Waals surface area contributed by atoms with Gasteiger partial charge in [-0.25, -0.2) is 14.4 Å². The topological polar surface area (TPSA) is 130 Å². The average molecular weight is 507 g/mol. The van der Waals surface area contributed by atoms with Gasteiger partial charge < -0.3 is 15.2 Å². The van der Waals surface area contributed by atoms with Crippen molar-refractivity contribution in [2.45, 2.75) is 23.7 Å². The minimum absolute atomic E-state index is 0.197. The van der Waals surface area contributed by atoms with Crippen LogP contribution in [0.5, 0.6) is 0 Å². The van der Waals surface area contributed by atoms with E-state index in [1.807, 2.05) is 6.07 Å². The summed E-state index contributed by atoms with van der Waals surface area (Å²) in [5.74, 6) is -0.824. The SMILES string of the molecule is CN(CC(N)=O)C(=O)c1ccc2c(C3CC3)nn(-c3ncc(-c4cc([S+](C)[O-])ccc4F)cn3)c2c1. The number of fused-ring (bicyclic) bond motifs is 1. The summed E-state index contributed by atoms with van der Waals surface area (Å²) in [6.45, 7) is -0.197. The second-order valence-corrected chi connectivity index (χ2v) is 10.2. The molecule has 0 saturated heterocycles. The Kier molecular flexibility index (Phi) is 6.19. The molecule has 2 aromatic carbocycles. The van der Waals surface area contributed by atoms with Crippen LogP contribution in [0.2, 0.25) is 0 Å². The molecule has 11 heteroatoms. The molecular formula is C25H23FN6O3S. The summed E-state index contributed by atoms with van der Waals surface area (Å²) >= 11 is -1.26. The van der Waals surface area contributed by atoms with Crippen molar-refractivity contribution in [3.05, 3.63) is 65.9 Å². The summed E-state index contributed by atoms with van der Waals surface area (Å²) in [4.78, 5) is 34.7. The number of halogens is 1. The molecule has 2 heterocycles. The quantitative estimate of drug-likeness (QED) is 0.384. The van der Waals surface area contributed by atoms with E-state index >= 15 is 0 Å². The summed E-state index contributed by atoms with van der Waals surface area (Å²) in [5, 5.41) is 5.64. The van der Waals surface area contributed by atoms with E-state index in [1.165, 1.54) is 48.8 Å². The van der Waals surface area contributed by atoms with Crippen LogP contribution in [0.3, 0.4) is 0 Å². The van der Waals surface area contributed by atoms with Gasteiger partial charge in [0.05, 0.1) is 17.8 Å². The first kappa shape index (κ1) is 23.9. The standard InChI is InChI=1S/C25H23FN6O3S/c1-31(13-22(27)33)24(34)15-5-7-18-21(9-15)32(30-23(18)14-3-4-14)25-28-11-16(12-29-25)19-10-17(36(2)35)6-8-20(19)26/h5-12,14H,3-4,13H2,1-2H3,(H2,27,33). The third-order valence-electron chi connectivity index (χ3n) is 6.07. The first-order valence-corrected chi connectivity index (χ1v) is 12.8.